The average molecular weight is 331 g/mol. The highest BCUT2D eigenvalue weighted by Gasteiger charge is 2.73. The van der Waals surface area contributed by atoms with Gasteiger partial charge >= 0.3 is 0 Å². The molecule has 4 aliphatic rings. The second-order valence-corrected chi connectivity index (χ2v) is 6.90. The highest BCUT2D eigenvalue weighted by Crippen LogP contribution is 2.64. The summed E-state index contributed by atoms with van der Waals surface area (Å²) in [6.07, 6.45) is 4.41. The van der Waals surface area contributed by atoms with Crippen molar-refractivity contribution in [2.24, 2.45) is 5.41 Å². The Bertz CT molecular complexity index is 736. The second kappa shape index (κ2) is 4.74. The van der Waals surface area contributed by atoms with E-state index in [2.05, 4.69) is 6.58 Å². The maximum atomic E-state index is 12.5. The number of allylic oxidation sites excluding steroid dienone is 2. The summed E-state index contributed by atoms with van der Waals surface area (Å²) in [7, 11) is 3.40. The summed E-state index contributed by atoms with van der Waals surface area (Å²) in [4.78, 5) is 14.6. The Hall–Kier alpha value is -2.05. The van der Waals surface area contributed by atoms with Gasteiger partial charge in [0, 0.05) is 18.0 Å². The van der Waals surface area contributed by atoms with Crippen molar-refractivity contribution in [3.63, 3.8) is 0 Å². The Morgan fingerprint density at radius 2 is 2.33 bits per heavy atom. The molecule has 1 spiro atoms. The van der Waals surface area contributed by atoms with E-state index in [0.717, 1.165) is 0 Å². The SMILES string of the molecule is C=C/C(OC)=C1/O[C@H]2C(=O)C=C[C@@]3(O)C4CC(O)=C1[C@@]23CCN4C. The number of carbonyl (C=O) groups is 1. The van der Waals surface area contributed by atoms with Crippen molar-refractivity contribution in [3.8, 4) is 0 Å². The van der Waals surface area contributed by atoms with Gasteiger partial charge in [0.15, 0.2) is 23.4 Å². The van der Waals surface area contributed by atoms with Gasteiger partial charge in [-0.2, -0.15) is 0 Å². The quantitative estimate of drug-likeness (QED) is 0.741. The van der Waals surface area contributed by atoms with E-state index < -0.39 is 17.1 Å². The molecule has 2 fully saturated rings. The minimum absolute atomic E-state index is 0.147. The Balaban J connectivity index is 2.06. The Morgan fingerprint density at radius 1 is 1.58 bits per heavy atom. The first-order chi connectivity index (χ1) is 11.4. The first-order valence-electron chi connectivity index (χ1n) is 8.06. The van der Waals surface area contributed by atoms with Gasteiger partial charge < -0.3 is 19.7 Å². The molecule has 4 atom stereocenters. The number of rotatable bonds is 2. The van der Waals surface area contributed by atoms with Crippen LogP contribution >= 0.6 is 0 Å². The van der Waals surface area contributed by atoms with E-state index in [1.165, 1.54) is 19.3 Å². The van der Waals surface area contributed by atoms with E-state index in [1.807, 2.05) is 11.9 Å². The number of carbonyl (C=O) groups excluding carboxylic acids is 1. The number of methoxy groups -OCH3 is 1. The summed E-state index contributed by atoms with van der Waals surface area (Å²) < 4.78 is 11.3. The van der Waals surface area contributed by atoms with Crippen LogP contribution in [0.1, 0.15) is 12.8 Å². The Morgan fingerprint density at radius 3 is 3.00 bits per heavy atom. The summed E-state index contributed by atoms with van der Waals surface area (Å²) in [5, 5.41) is 22.4. The molecule has 1 unspecified atom stereocenters. The number of hydrogen-bond donors (Lipinski definition) is 2. The van der Waals surface area contributed by atoms with Gasteiger partial charge in [0.25, 0.3) is 0 Å². The highest BCUT2D eigenvalue weighted by molar-refractivity contribution is 5.98. The standard InChI is InChI=1S/C18H21NO5/c1-4-12(23-3)15-14-11(21)9-13-18(22)6-5-10(20)16(24-15)17(14,18)7-8-19(13)2/h4-6,13,16,21-22H,1,7-9H2,2-3H3/b15-12-/t13?,16-,17-,18+/m0/s1. The molecule has 4 rings (SSSR count). The first kappa shape index (κ1) is 15.5. The fourth-order valence-corrected chi connectivity index (χ4v) is 4.91. The van der Waals surface area contributed by atoms with Crippen molar-refractivity contribution >= 4 is 5.78 Å². The number of ether oxygens (including phenoxy) is 2. The molecule has 2 N–H and O–H groups in total. The molecule has 0 radical (unpaired) electrons. The summed E-state index contributed by atoms with van der Waals surface area (Å²) in [6, 6.07) is -0.306. The van der Waals surface area contributed by atoms with Crippen molar-refractivity contribution in [1.29, 1.82) is 0 Å². The van der Waals surface area contributed by atoms with Crippen molar-refractivity contribution < 1.29 is 24.5 Å². The number of hydrogen-bond acceptors (Lipinski definition) is 6. The molecule has 2 aliphatic heterocycles. The van der Waals surface area contributed by atoms with E-state index in [9.17, 15) is 15.0 Å². The summed E-state index contributed by atoms with van der Waals surface area (Å²) in [6.45, 7) is 4.41. The van der Waals surface area contributed by atoms with Crippen molar-refractivity contribution in [3.05, 3.63) is 47.7 Å². The molecule has 0 aromatic heterocycles. The number of likely N-dealkylation sites (tertiary alicyclic amines) is 1. The number of aliphatic hydroxyl groups excluding tert-OH is 1. The number of aliphatic hydroxyl groups is 2. The zero-order valence-corrected chi connectivity index (χ0v) is 13.8. The van der Waals surface area contributed by atoms with Gasteiger partial charge in [0.2, 0.25) is 0 Å². The van der Waals surface area contributed by atoms with E-state index in [1.54, 1.807) is 6.08 Å². The third-order valence-corrected chi connectivity index (χ3v) is 6.03. The summed E-state index contributed by atoms with van der Waals surface area (Å²) in [5.41, 5.74) is -1.77. The van der Waals surface area contributed by atoms with Gasteiger partial charge in [-0.1, -0.05) is 6.58 Å². The predicted molar refractivity (Wildman–Crippen MR) is 85.9 cm³/mol. The smallest absolute Gasteiger partial charge is 0.196 e. The van der Waals surface area contributed by atoms with Gasteiger partial charge in [-0.3, -0.25) is 9.69 Å². The van der Waals surface area contributed by atoms with E-state index >= 15 is 0 Å². The largest absolute Gasteiger partial charge is 0.512 e. The lowest BCUT2D eigenvalue weighted by molar-refractivity contribution is -0.169. The zero-order chi connectivity index (χ0) is 17.3. The molecule has 128 valence electrons. The number of nitrogens with zero attached hydrogens (tertiary/aromatic N) is 1. The molecule has 24 heavy (non-hydrogen) atoms. The van der Waals surface area contributed by atoms with E-state index in [-0.39, 0.29) is 24.0 Å². The molecule has 2 bridgehead atoms. The highest BCUT2D eigenvalue weighted by atomic mass is 16.5. The zero-order valence-electron chi connectivity index (χ0n) is 13.8. The van der Waals surface area contributed by atoms with Gasteiger partial charge in [-0.25, -0.2) is 0 Å². The number of likely N-dealkylation sites (N-methyl/N-ethyl adjacent to an activating group) is 1. The molecule has 0 aromatic carbocycles. The van der Waals surface area contributed by atoms with Crippen LogP contribution in [0.15, 0.2) is 47.7 Å². The lowest BCUT2D eigenvalue weighted by atomic mass is 9.51. The lowest BCUT2D eigenvalue weighted by Gasteiger charge is -2.59. The molecular formula is C18H21NO5. The molecule has 2 aliphatic carbocycles. The molecular weight excluding hydrogens is 310 g/mol. The van der Waals surface area contributed by atoms with Crippen LogP contribution in [0.5, 0.6) is 0 Å². The fraction of sp³-hybridized carbons (Fsp3) is 0.500. The third kappa shape index (κ3) is 1.51. The summed E-state index contributed by atoms with van der Waals surface area (Å²) >= 11 is 0. The van der Waals surface area contributed by atoms with Crippen molar-refractivity contribution in [2.75, 3.05) is 20.7 Å². The Kier molecular flexibility index (Phi) is 3.06. The molecule has 0 amide bonds. The van der Waals surface area contributed by atoms with Gasteiger partial charge in [0.05, 0.1) is 12.5 Å². The van der Waals surface area contributed by atoms with Crippen LogP contribution in [-0.4, -0.2) is 59.3 Å². The average Bonchev–Trinajstić information content (AvgIpc) is 2.90. The minimum atomic E-state index is -1.28. The summed E-state index contributed by atoms with van der Waals surface area (Å²) in [5.74, 6) is 0.610. The van der Waals surface area contributed by atoms with E-state index in [0.29, 0.717) is 30.1 Å². The molecule has 6 nitrogen and oxygen atoms in total. The lowest BCUT2D eigenvalue weighted by Crippen LogP contribution is -2.71. The van der Waals surface area contributed by atoms with Crippen LogP contribution < -0.4 is 0 Å². The second-order valence-electron chi connectivity index (χ2n) is 6.90. The molecule has 2 heterocycles. The molecule has 0 aromatic rings. The molecule has 2 saturated heterocycles. The van der Waals surface area contributed by atoms with Crippen molar-refractivity contribution in [2.45, 2.75) is 30.6 Å². The fourth-order valence-electron chi connectivity index (χ4n) is 4.91. The Labute approximate surface area is 140 Å². The number of piperidine rings is 1. The van der Waals surface area contributed by atoms with E-state index in [4.69, 9.17) is 9.47 Å². The third-order valence-electron chi connectivity index (χ3n) is 6.03. The first-order valence-corrected chi connectivity index (χ1v) is 8.06. The minimum Gasteiger partial charge on any atom is -0.512 e. The maximum absolute atomic E-state index is 12.5. The van der Waals surface area contributed by atoms with Crippen LogP contribution in [0.4, 0.5) is 0 Å². The molecule has 0 saturated carbocycles. The molecule has 6 heteroatoms. The van der Waals surface area contributed by atoms with Gasteiger partial charge in [-0.15, -0.1) is 0 Å². The topological polar surface area (TPSA) is 79.2 Å². The van der Waals surface area contributed by atoms with Crippen LogP contribution in [0, 0.1) is 5.41 Å². The monoisotopic (exact) mass is 331 g/mol. The van der Waals surface area contributed by atoms with Gasteiger partial charge in [0.1, 0.15) is 11.4 Å². The number of ketones is 1. The van der Waals surface area contributed by atoms with Gasteiger partial charge in [-0.05, 0) is 38.2 Å². The predicted octanol–water partition coefficient (Wildman–Crippen LogP) is 1.21. The van der Waals surface area contributed by atoms with Crippen LogP contribution in [0.25, 0.3) is 0 Å². The maximum Gasteiger partial charge on any atom is 0.196 e. The van der Waals surface area contributed by atoms with Crippen LogP contribution in [-0.2, 0) is 14.3 Å². The van der Waals surface area contributed by atoms with Crippen LogP contribution in [0.3, 0.4) is 0 Å². The normalized spacial score (nSPS) is 42.5. The van der Waals surface area contributed by atoms with Crippen molar-refractivity contribution in [1.82, 2.24) is 4.90 Å². The van der Waals surface area contributed by atoms with Crippen LogP contribution in [0.2, 0.25) is 0 Å².